The normalized spacial score (nSPS) is 46.1. The van der Waals surface area contributed by atoms with Crippen molar-refractivity contribution in [3.8, 4) is 0 Å². The fraction of sp³-hybridized carbons (Fsp3) is 1.00. The maximum atomic E-state index is 6.08. The van der Waals surface area contributed by atoms with E-state index >= 15 is 0 Å². The summed E-state index contributed by atoms with van der Waals surface area (Å²) < 4.78 is 5.77. The van der Waals surface area contributed by atoms with Gasteiger partial charge in [-0.15, -0.1) is 0 Å². The summed E-state index contributed by atoms with van der Waals surface area (Å²) >= 11 is 0. The van der Waals surface area contributed by atoms with Crippen molar-refractivity contribution in [2.45, 2.75) is 57.7 Å². The summed E-state index contributed by atoms with van der Waals surface area (Å²) in [6.07, 6.45) is 4.04. The highest BCUT2D eigenvalue weighted by Crippen LogP contribution is 2.37. The fourth-order valence-corrected chi connectivity index (χ4v) is 3.50. The van der Waals surface area contributed by atoms with E-state index in [1.54, 1.807) is 0 Å². The van der Waals surface area contributed by atoms with E-state index in [0.717, 1.165) is 25.5 Å². The van der Waals surface area contributed by atoms with Crippen LogP contribution in [0.5, 0.6) is 0 Å². The van der Waals surface area contributed by atoms with Crippen LogP contribution in [0, 0.1) is 5.92 Å². The molecule has 0 spiro atoms. The Hall–Kier alpha value is -0.120. The number of piperidine rings is 1. The zero-order valence-corrected chi connectivity index (χ0v) is 10.9. The molecule has 94 valence electrons. The van der Waals surface area contributed by atoms with Gasteiger partial charge in [-0.3, -0.25) is 4.90 Å². The minimum absolute atomic E-state index is 0.105. The van der Waals surface area contributed by atoms with Gasteiger partial charge in [-0.25, -0.2) is 0 Å². The molecule has 0 radical (unpaired) electrons. The molecule has 2 heterocycles. The quantitative estimate of drug-likeness (QED) is 0.777. The van der Waals surface area contributed by atoms with E-state index in [1.165, 1.54) is 19.4 Å². The Labute approximate surface area is 99.3 Å². The summed E-state index contributed by atoms with van der Waals surface area (Å²) in [4.78, 5) is 2.64. The van der Waals surface area contributed by atoms with Crippen LogP contribution < -0.4 is 5.73 Å². The summed E-state index contributed by atoms with van der Waals surface area (Å²) in [6, 6.07) is 0.640. The number of ether oxygens (including phenoxy) is 1. The van der Waals surface area contributed by atoms with Gasteiger partial charge in [-0.05, 0) is 45.6 Å². The molecule has 2 saturated heterocycles. The van der Waals surface area contributed by atoms with E-state index in [0.29, 0.717) is 6.04 Å². The average molecular weight is 226 g/mol. The second-order valence-electron chi connectivity index (χ2n) is 5.62. The van der Waals surface area contributed by atoms with Gasteiger partial charge in [0.05, 0.1) is 11.6 Å². The molecule has 0 amide bonds. The van der Waals surface area contributed by atoms with Gasteiger partial charge < -0.3 is 10.5 Å². The minimum Gasteiger partial charge on any atom is -0.376 e. The number of hydrogen-bond acceptors (Lipinski definition) is 3. The van der Waals surface area contributed by atoms with E-state index in [2.05, 4.69) is 25.7 Å². The van der Waals surface area contributed by atoms with Crippen LogP contribution in [0.1, 0.15) is 40.0 Å². The molecule has 4 atom stereocenters. The third-order valence-corrected chi connectivity index (χ3v) is 4.96. The van der Waals surface area contributed by atoms with Gasteiger partial charge in [-0.1, -0.05) is 6.92 Å². The molecule has 0 saturated carbocycles. The molecule has 16 heavy (non-hydrogen) atoms. The van der Waals surface area contributed by atoms with Gasteiger partial charge in [0.15, 0.2) is 0 Å². The summed E-state index contributed by atoms with van der Waals surface area (Å²) in [5.74, 6) is 0.782. The SMILES string of the molecule is CC1CCCN(C2(CN)CCOC2C)C1C. The van der Waals surface area contributed by atoms with Crippen molar-refractivity contribution < 1.29 is 4.74 Å². The number of nitrogens with two attached hydrogens (primary N) is 1. The first-order valence-corrected chi connectivity index (χ1v) is 6.70. The predicted octanol–water partition coefficient (Wildman–Crippen LogP) is 1.61. The van der Waals surface area contributed by atoms with E-state index in [-0.39, 0.29) is 11.6 Å². The Morgan fingerprint density at radius 2 is 2.12 bits per heavy atom. The molecule has 0 aromatic heterocycles. The molecule has 2 aliphatic rings. The van der Waals surface area contributed by atoms with Crippen LogP contribution >= 0.6 is 0 Å². The zero-order valence-electron chi connectivity index (χ0n) is 10.9. The Morgan fingerprint density at radius 1 is 1.38 bits per heavy atom. The summed E-state index contributed by atoms with van der Waals surface area (Å²) in [5, 5.41) is 0. The molecule has 2 aliphatic heterocycles. The summed E-state index contributed by atoms with van der Waals surface area (Å²) in [5.41, 5.74) is 6.18. The van der Waals surface area contributed by atoms with Crippen molar-refractivity contribution in [3.63, 3.8) is 0 Å². The number of hydrogen-bond donors (Lipinski definition) is 1. The van der Waals surface area contributed by atoms with Crippen molar-refractivity contribution in [2.75, 3.05) is 19.7 Å². The highest BCUT2D eigenvalue weighted by atomic mass is 16.5. The Balaban J connectivity index is 2.20. The van der Waals surface area contributed by atoms with Crippen molar-refractivity contribution in [3.05, 3.63) is 0 Å². The third kappa shape index (κ3) is 1.79. The maximum absolute atomic E-state index is 6.08. The molecule has 0 aromatic carbocycles. The van der Waals surface area contributed by atoms with E-state index in [9.17, 15) is 0 Å². The van der Waals surface area contributed by atoms with Crippen LogP contribution in [-0.2, 0) is 4.74 Å². The highest BCUT2D eigenvalue weighted by Gasteiger charge is 2.48. The highest BCUT2D eigenvalue weighted by molar-refractivity contribution is 5.03. The molecular formula is C13H26N2O. The fourth-order valence-electron chi connectivity index (χ4n) is 3.50. The van der Waals surface area contributed by atoms with E-state index in [4.69, 9.17) is 10.5 Å². The lowest BCUT2D eigenvalue weighted by Crippen LogP contribution is -2.63. The van der Waals surface area contributed by atoms with Crippen LogP contribution in [-0.4, -0.2) is 42.3 Å². The van der Waals surface area contributed by atoms with Gasteiger partial charge in [0.2, 0.25) is 0 Å². The Bertz CT molecular complexity index is 246. The molecule has 2 rings (SSSR count). The lowest BCUT2D eigenvalue weighted by Gasteiger charge is -2.50. The first-order valence-electron chi connectivity index (χ1n) is 6.70. The topological polar surface area (TPSA) is 38.5 Å². The van der Waals surface area contributed by atoms with Crippen molar-refractivity contribution >= 4 is 0 Å². The molecule has 4 unspecified atom stereocenters. The Kier molecular flexibility index (Phi) is 3.57. The van der Waals surface area contributed by atoms with Gasteiger partial charge in [0, 0.05) is 19.2 Å². The molecule has 3 nitrogen and oxygen atoms in total. The van der Waals surface area contributed by atoms with Crippen molar-refractivity contribution in [1.29, 1.82) is 0 Å². The molecule has 0 aromatic rings. The van der Waals surface area contributed by atoms with Gasteiger partial charge in [0.1, 0.15) is 0 Å². The minimum atomic E-state index is 0.105. The number of nitrogens with zero attached hydrogens (tertiary/aromatic N) is 1. The smallest absolute Gasteiger partial charge is 0.0743 e. The second-order valence-corrected chi connectivity index (χ2v) is 5.62. The first-order chi connectivity index (χ1) is 7.62. The largest absolute Gasteiger partial charge is 0.376 e. The summed E-state index contributed by atoms with van der Waals surface area (Å²) in [7, 11) is 0. The van der Waals surface area contributed by atoms with Crippen LogP contribution in [0.4, 0.5) is 0 Å². The molecule has 2 N–H and O–H groups in total. The maximum Gasteiger partial charge on any atom is 0.0743 e. The van der Waals surface area contributed by atoms with Crippen molar-refractivity contribution in [2.24, 2.45) is 11.7 Å². The van der Waals surface area contributed by atoms with E-state index < -0.39 is 0 Å². The van der Waals surface area contributed by atoms with Crippen molar-refractivity contribution in [1.82, 2.24) is 4.90 Å². The monoisotopic (exact) mass is 226 g/mol. The molecular weight excluding hydrogens is 200 g/mol. The van der Waals surface area contributed by atoms with Crippen LogP contribution in [0.3, 0.4) is 0 Å². The summed E-state index contributed by atoms with van der Waals surface area (Å²) in [6.45, 7) is 9.69. The van der Waals surface area contributed by atoms with Gasteiger partial charge in [0.25, 0.3) is 0 Å². The van der Waals surface area contributed by atoms with Crippen LogP contribution in [0.2, 0.25) is 0 Å². The standard InChI is InChI=1S/C13H26N2O/c1-10-5-4-7-15(11(10)2)13(9-14)6-8-16-12(13)3/h10-12H,4-9,14H2,1-3H3. The lowest BCUT2D eigenvalue weighted by atomic mass is 9.82. The predicted molar refractivity (Wildman–Crippen MR) is 66.4 cm³/mol. The molecule has 3 heteroatoms. The lowest BCUT2D eigenvalue weighted by molar-refractivity contribution is -0.0359. The number of likely N-dealkylation sites (tertiary alicyclic amines) is 1. The zero-order chi connectivity index (χ0) is 11.8. The van der Waals surface area contributed by atoms with Gasteiger partial charge in [-0.2, -0.15) is 0 Å². The van der Waals surface area contributed by atoms with Crippen LogP contribution in [0.25, 0.3) is 0 Å². The molecule has 2 fully saturated rings. The first kappa shape index (κ1) is 12.3. The van der Waals surface area contributed by atoms with Gasteiger partial charge >= 0.3 is 0 Å². The molecule has 0 bridgehead atoms. The molecule has 0 aliphatic carbocycles. The average Bonchev–Trinajstić information content (AvgIpc) is 2.65. The third-order valence-electron chi connectivity index (χ3n) is 4.96. The number of rotatable bonds is 2. The van der Waals surface area contributed by atoms with E-state index in [1.807, 2.05) is 0 Å². The Morgan fingerprint density at radius 3 is 2.69 bits per heavy atom. The second kappa shape index (κ2) is 4.63. The van der Waals surface area contributed by atoms with Crippen LogP contribution in [0.15, 0.2) is 0 Å².